The van der Waals surface area contributed by atoms with Crippen LogP contribution in [0.2, 0.25) is 0 Å². The normalized spacial score (nSPS) is 16.1. The number of likely N-dealkylation sites (tertiary alicyclic amines) is 1. The minimum Gasteiger partial charge on any atom is -0.444 e. The number of nitrogens with one attached hydrogen (secondary N) is 1. The summed E-state index contributed by atoms with van der Waals surface area (Å²) < 4.78 is 6.06. The second-order valence-corrected chi connectivity index (χ2v) is 5.97. The second kappa shape index (κ2) is 8.05. The Kier molecular flexibility index (Phi) is 7.06. The largest absolute Gasteiger partial charge is 0.444 e. The van der Waals surface area contributed by atoms with Crippen molar-refractivity contribution in [2.75, 3.05) is 26.7 Å². The maximum Gasteiger partial charge on any atom is 0.289 e. The highest BCUT2D eigenvalue weighted by molar-refractivity contribution is 9.10. The average molecular weight is 366 g/mol. The summed E-state index contributed by atoms with van der Waals surface area (Å²) in [6.45, 7) is 4.64. The summed E-state index contributed by atoms with van der Waals surface area (Å²) in [7, 11) is 1.98. The molecule has 1 fully saturated rings. The average Bonchev–Trinajstić information content (AvgIpc) is 2.75. The Morgan fingerprint density at radius 2 is 2.15 bits per heavy atom. The maximum absolute atomic E-state index is 12.4. The van der Waals surface area contributed by atoms with Gasteiger partial charge in [0.2, 0.25) is 0 Å². The van der Waals surface area contributed by atoms with Crippen molar-refractivity contribution in [1.82, 2.24) is 10.2 Å². The van der Waals surface area contributed by atoms with Gasteiger partial charge in [0, 0.05) is 18.7 Å². The van der Waals surface area contributed by atoms with Crippen LogP contribution >= 0.6 is 28.3 Å². The Hall–Kier alpha value is -0.520. The summed E-state index contributed by atoms with van der Waals surface area (Å²) in [6, 6.07) is 1.84. The van der Waals surface area contributed by atoms with Gasteiger partial charge in [-0.1, -0.05) is 0 Å². The molecule has 6 heteroatoms. The van der Waals surface area contributed by atoms with E-state index in [1.165, 1.54) is 6.42 Å². The number of halogens is 2. The summed E-state index contributed by atoms with van der Waals surface area (Å²) in [5, 5.41) is 3.18. The van der Waals surface area contributed by atoms with E-state index < -0.39 is 0 Å². The molecule has 1 N–H and O–H groups in total. The lowest BCUT2D eigenvalue weighted by Gasteiger charge is -2.31. The molecule has 0 bridgehead atoms. The zero-order valence-electron chi connectivity index (χ0n) is 11.9. The smallest absolute Gasteiger partial charge is 0.289 e. The van der Waals surface area contributed by atoms with E-state index in [1.807, 2.05) is 24.9 Å². The minimum absolute atomic E-state index is 0. The minimum atomic E-state index is 0. The first kappa shape index (κ1) is 17.5. The Labute approximate surface area is 134 Å². The van der Waals surface area contributed by atoms with Crippen LogP contribution in [0.5, 0.6) is 0 Å². The van der Waals surface area contributed by atoms with Crippen LogP contribution in [-0.2, 0) is 0 Å². The molecule has 0 atom stereocenters. The number of furan rings is 1. The van der Waals surface area contributed by atoms with Crippen molar-refractivity contribution in [2.45, 2.75) is 26.2 Å². The Bertz CT molecular complexity index is 442. The molecule has 1 amide bonds. The van der Waals surface area contributed by atoms with Crippen LogP contribution in [0.4, 0.5) is 0 Å². The van der Waals surface area contributed by atoms with Gasteiger partial charge in [0.05, 0.1) is 0 Å². The van der Waals surface area contributed by atoms with Crippen LogP contribution in [0.15, 0.2) is 15.2 Å². The molecule has 0 aromatic carbocycles. The number of piperidine rings is 1. The predicted molar refractivity (Wildman–Crippen MR) is 85.6 cm³/mol. The molecule has 1 aliphatic heterocycles. The Morgan fingerprint density at radius 1 is 1.50 bits per heavy atom. The molecular formula is C14H22BrClN2O2. The van der Waals surface area contributed by atoms with Gasteiger partial charge in [-0.15, -0.1) is 12.4 Å². The quantitative estimate of drug-likeness (QED) is 0.891. The van der Waals surface area contributed by atoms with Crippen molar-refractivity contribution < 1.29 is 9.21 Å². The standard InChI is InChI=1S/C14H21BrN2O2.ClH/c1-10-9-12(15)19-13(10)14(18)17-7-4-11(5-8-17)3-6-16-2;/h9,11,16H,3-8H2,1-2H3;1H. The number of nitrogens with zero attached hydrogens (tertiary/aromatic N) is 1. The lowest BCUT2D eigenvalue weighted by atomic mass is 9.93. The van der Waals surface area contributed by atoms with E-state index in [9.17, 15) is 4.79 Å². The third-order valence-corrected chi connectivity index (χ3v) is 4.18. The first-order chi connectivity index (χ1) is 9.11. The fourth-order valence-electron chi connectivity index (χ4n) is 2.57. The van der Waals surface area contributed by atoms with Gasteiger partial charge in [-0.25, -0.2) is 0 Å². The van der Waals surface area contributed by atoms with E-state index in [0.29, 0.717) is 10.4 Å². The topological polar surface area (TPSA) is 45.5 Å². The van der Waals surface area contributed by atoms with E-state index >= 15 is 0 Å². The van der Waals surface area contributed by atoms with E-state index in [-0.39, 0.29) is 18.3 Å². The third kappa shape index (κ3) is 4.24. The molecule has 0 spiro atoms. The molecule has 0 saturated carbocycles. The van der Waals surface area contributed by atoms with Crippen LogP contribution in [0.1, 0.15) is 35.4 Å². The molecule has 1 saturated heterocycles. The molecule has 0 aliphatic carbocycles. The van der Waals surface area contributed by atoms with Gasteiger partial charge in [-0.2, -0.15) is 0 Å². The monoisotopic (exact) mass is 364 g/mol. The molecule has 1 aromatic heterocycles. The fourth-order valence-corrected chi connectivity index (χ4v) is 3.08. The van der Waals surface area contributed by atoms with Crippen LogP contribution < -0.4 is 5.32 Å². The summed E-state index contributed by atoms with van der Waals surface area (Å²) in [4.78, 5) is 14.3. The second-order valence-electron chi connectivity index (χ2n) is 5.19. The number of aryl methyl sites for hydroxylation is 1. The number of hydrogen-bond donors (Lipinski definition) is 1. The third-order valence-electron chi connectivity index (χ3n) is 3.79. The highest BCUT2D eigenvalue weighted by atomic mass is 79.9. The van der Waals surface area contributed by atoms with Crippen molar-refractivity contribution in [2.24, 2.45) is 5.92 Å². The molecule has 2 heterocycles. The first-order valence-corrected chi connectivity index (χ1v) is 7.61. The lowest BCUT2D eigenvalue weighted by molar-refractivity contribution is 0.0652. The van der Waals surface area contributed by atoms with Crippen LogP contribution in [0.25, 0.3) is 0 Å². The number of hydrogen-bond acceptors (Lipinski definition) is 3. The van der Waals surface area contributed by atoms with Gasteiger partial charge < -0.3 is 14.6 Å². The number of rotatable bonds is 4. The summed E-state index contributed by atoms with van der Waals surface area (Å²) >= 11 is 3.27. The van der Waals surface area contributed by atoms with Crippen molar-refractivity contribution in [3.63, 3.8) is 0 Å². The van der Waals surface area contributed by atoms with Crippen molar-refractivity contribution in [1.29, 1.82) is 0 Å². The van der Waals surface area contributed by atoms with E-state index in [0.717, 1.165) is 44.0 Å². The van der Waals surface area contributed by atoms with Crippen molar-refractivity contribution in [3.05, 3.63) is 22.1 Å². The SMILES string of the molecule is CNCCC1CCN(C(=O)c2oc(Br)cc2C)CC1.Cl. The molecule has 2 rings (SSSR count). The molecule has 0 radical (unpaired) electrons. The molecule has 4 nitrogen and oxygen atoms in total. The number of carbonyl (C=O) groups excluding carboxylic acids is 1. The zero-order valence-corrected chi connectivity index (χ0v) is 14.3. The summed E-state index contributed by atoms with van der Waals surface area (Å²) in [5.74, 6) is 1.23. The first-order valence-electron chi connectivity index (χ1n) is 6.81. The highest BCUT2D eigenvalue weighted by Gasteiger charge is 2.26. The zero-order chi connectivity index (χ0) is 13.8. The summed E-state index contributed by atoms with van der Waals surface area (Å²) in [6.07, 6.45) is 3.38. The number of amides is 1. The maximum atomic E-state index is 12.4. The van der Waals surface area contributed by atoms with Gasteiger partial charge in [0.25, 0.3) is 5.91 Å². The van der Waals surface area contributed by atoms with Gasteiger partial charge in [-0.05, 0) is 67.7 Å². The van der Waals surface area contributed by atoms with Crippen LogP contribution in [-0.4, -0.2) is 37.5 Å². The molecular weight excluding hydrogens is 344 g/mol. The van der Waals surface area contributed by atoms with Crippen LogP contribution in [0.3, 0.4) is 0 Å². The molecule has 1 aromatic rings. The molecule has 1 aliphatic rings. The van der Waals surface area contributed by atoms with Gasteiger partial charge in [0.15, 0.2) is 10.4 Å². The number of carbonyl (C=O) groups is 1. The Morgan fingerprint density at radius 3 is 2.65 bits per heavy atom. The fraction of sp³-hybridized carbons (Fsp3) is 0.643. The predicted octanol–water partition coefficient (Wildman–Crippen LogP) is 3.23. The lowest BCUT2D eigenvalue weighted by Crippen LogP contribution is -2.39. The van der Waals surface area contributed by atoms with Crippen molar-refractivity contribution in [3.8, 4) is 0 Å². The van der Waals surface area contributed by atoms with Crippen LogP contribution in [0, 0.1) is 12.8 Å². The summed E-state index contributed by atoms with van der Waals surface area (Å²) in [5.41, 5.74) is 0.897. The van der Waals surface area contributed by atoms with Gasteiger partial charge >= 0.3 is 0 Å². The van der Waals surface area contributed by atoms with E-state index in [2.05, 4.69) is 21.2 Å². The van der Waals surface area contributed by atoms with Gasteiger partial charge in [-0.3, -0.25) is 4.79 Å². The van der Waals surface area contributed by atoms with E-state index in [4.69, 9.17) is 4.42 Å². The van der Waals surface area contributed by atoms with Crippen molar-refractivity contribution >= 4 is 34.2 Å². The molecule has 114 valence electrons. The van der Waals surface area contributed by atoms with E-state index in [1.54, 1.807) is 0 Å². The molecule has 20 heavy (non-hydrogen) atoms. The highest BCUT2D eigenvalue weighted by Crippen LogP contribution is 2.25. The Balaban J connectivity index is 0.00000200. The van der Waals surface area contributed by atoms with Gasteiger partial charge in [0.1, 0.15) is 0 Å². The molecule has 0 unspecified atom stereocenters.